The molecular weight excluding hydrogens is 341 g/mol. The molecule has 0 bridgehead atoms. The first-order chi connectivity index (χ1) is 8.61. The minimum absolute atomic E-state index is 0.0904. The van der Waals surface area contributed by atoms with E-state index in [0.717, 1.165) is 24.2 Å². The lowest BCUT2D eigenvalue weighted by Gasteiger charge is -2.06. The van der Waals surface area contributed by atoms with Crippen LogP contribution in [0, 0.1) is 10.5 Å². The summed E-state index contributed by atoms with van der Waals surface area (Å²) >= 11 is 2.04. The number of aromatic amines is 1. The summed E-state index contributed by atoms with van der Waals surface area (Å²) in [5, 5.41) is 0. The van der Waals surface area contributed by atoms with Gasteiger partial charge in [-0.1, -0.05) is 19.4 Å². The fourth-order valence-corrected chi connectivity index (χ4v) is 2.23. The molecule has 1 N–H and O–H groups in total. The quantitative estimate of drug-likeness (QED) is 0.862. The van der Waals surface area contributed by atoms with E-state index in [1.54, 1.807) is 0 Å². The highest BCUT2D eigenvalue weighted by molar-refractivity contribution is 14.1. The normalized spacial score (nSPS) is 10.6. The molecule has 2 aromatic rings. The maximum Gasteiger partial charge on any atom is 0.264 e. The van der Waals surface area contributed by atoms with Crippen LogP contribution < -0.4 is 5.56 Å². The highest BCUT2D eigenvalue weighted by Gasteiger charge is 2.10. The van der Waals surface area contributed by atoms with Crippen molar-refractivity contribution < 1.29 is 0 Å². The van der Waals surface area contributed by atoms with E-state index in [1.165, 1.54) is 0 Å². The zero-order valence-corrected chi connectivity index (χ0v) is 12.5. The number of halogens is 1. The lowest BCUT2D eigenvalue weighted by molar-refractivity contribution is 0.858. The maximum atomic E-state index is 11.9. The Balaban J connectivity index is 2.55. The summed E-state index contributed by atoms with van der Waals surface area (Å²) < 4.78 is 0.672. The summed E-state index contributed by atoms with van der Waals surface area (Å²) in [5.41, 5.74) is 2.37. The standard InChI is InChI=1S/C13H14IN3O/c1-3-5-9-11(14)13(18)17-12(16-9)10-7-4-6-8(2)15-10/h4,6-7H,3,5H2,1-2H3,(H,16,17,18). The highest BCUT2D eigenvalue weighted by atomic mass is 127. The molecule has 0 saturated carbocycles. The summed E-state index contributed by atoms with van der Waals surface area (Å²) in [7, 11) is 0. The van der Waals surface area contributed by atoms with Gasteiger partial charge in [0.1, 0.15) is 5.69 Å². The van der Waals surface area contributed by atoms with Gasteiger partial charge in [-0.05, 0) is 48.1 Å². The summed E-state index contributed by atoms with van der Waals surface area (Å²) in [6.45, 7) is 3.99. The SMILES string of the molecule is CCCc1nc(-c2cccc(C)n2)[nH]c(=O)c1I. The molecule has 0 radical (unpaired) electrons. The number of hydrogen-bond acceptors (Lipinski definition) is 3. The zero-order valence-electron chi connectivity index (χ0n) is 10.3. The Morgan fingerprint density at radius 3 is 2.78 bits per heavy atom. The molecule has 2 aromatic heterocycles. The molecule has 0 spiro atoms. The summed E-state index contributed by atoms with van der Waals surface area (Å²) in [6.07, 6.45) is 1.77. The highest BCUT2D eigenvalue weighted by Crippen LogP contribution is 2.14. The zero-order chi connectivity index (χ0) is 13.1. The largest absolute Gasteiger partial charge is 0.304 e. The van der Waals surface area contributed by atoms with Gasteiger partial charge in [-0.15, -0.1) is 0 Å². The minimum atomic E-state index is -0.0904. The van der Waals surface area contributed by atoms with Crippen molar-refractivity contribution in [3.8, 4) is 11.5 Å². The molecule has 0 atom stereocenters. The Morgan fingerprint density at radius 2 is 2.11 bits per heavy atom. The van der Waals surface area contributed by atoms with Crippen molar-refractivity contribution in [2.45, 2.75) is 26.7 Å². The van der Waals surface area contributed by atoms with Gasteiger partial charge in [0, 0.05) is 5.69 Å². The van der Waals surface area contributed by atoms with Crippen LogP contribution in [-0.2, 0) is 6.42 Å². The Labute approximate surface area is 119 Å². The van der Waals surface area contributed by atoms with Gasteiger partial charge in [-0.2, -0.15) is 0 Å². The van der Waals surface area contributed by atoms with Crippen LogP contribution in [-0.4, -0.2) is 15.0 Å². The second kappa shape index (κ2) is 5.60. The fourth-order valence-electron chi connectivity index (χ4n) is 1.70. The topological polar surface area (TPSA) is 58.6 Å². The maximum absolute atomic E-state index is 11.9. The predicted molar refractivity (Wildman–Crippen MR) is 79.5 cm³/mol. The number of hydrogen-bond donors (Lipinski definition) is 1. The van der Waals surface area contributed by atoms with E-state index in [0.29, 0.717) is 15.1 Å². The van der Waals surface area contributed by atoms with Gasteiger partial charge in [-0.3, -0.25) is 4.79 Å². The molecule has 2 heterocycles. The van der Waals surface area contributed by atoms with Crippen molar-refractivity contribution in [1.29, 1.82) is 0 Å². The average Bonchev–Trinajstić information content (AvgIpc) is 2.35. The summed E-state index contributed by atoms with van der Waals surface area (Å²) in [5.74, 6) is 0.549. The predicted octanol–water partition coefficient (Wildman–Crippen LogP) is 2.70. The van der Waals surface area contributed by atoms with E-state index in [9.17, 15) is 4.79 Å². The molecule has 2 rings (SSSR count). The Bertz CT molecular complexity index is 622. The fraction of sp³-hybridized carbons (Fsp3) is 0.308. The van der Waals surface area contributed by atoms with E-state index >= 15 is 0 Å². The second-order valence-corrected chi connectivity index (χ2v) is 5.17. The van der Waals surface area contributed by atoms with Crippen LogP contribution in [0.1, 0.15) is 24.7 Å². The third-order valence-electron chi connectivity index (χ3n) is 2.55. The number of nitrogens with zero attached hydrogens (tertiary/aromatic N) is 2. The van der Waals surface area contributed by atoms with Crippen LogP contribution in [0.25, 0.3) is 11.5 Å². The number of aryl methyl sites for hydroxylation is 2. The van der Waals surface area contributed by atoms with Gasteiger partial charge in [0.05, 0.1) is 9.26 Å². The minimum Gasteiger partial charge on any atom is -0.304 e. The number of aromatic nitrogens is 3. The molecule has 0 aromatic carbocycles. The third kappa shape index (κ3) is 2.77. The van der Waals surface area contributed by atoms with Crippen LogP contribution >= 0.6 is 22.6 Å². The van der Waals surface area contributed by atoms with E-state index in [2.05, 4.69) is 21.9 Å². The first-order valence-corrected chi connectivity index (χ1v) is 6.92. The first-order valence-electron chi connectivity index (χ1n) is 5.84. The molecule has 18 heavy (non-hydrogen) atoms. The molecule has 0 aliphatic rings. The van der Waals surface area contributed by atoms with Crippen molar-refractivity contribution in [3.05, 3.63) is 43.5 Å². The molecule has 94 valence electrons. The van der Waals surface area contributed by atoms with E-state index in [1.807, 2.05) is 47.7 Å². The monoisotopic (exact) mass is 355 g/mol. The number of rotatable bonds is 3. The molecule has 4 nitrogen and oxygen atoms in total. The Morgan fingerprint density at radius 1 is 1.33 bits per heavy atom. The summed E-state index contributed by atoms with van der Waals surface area (Å²) in [6, 6.07) is 5.68. The first kappa shape index (κ1) is 13.2. The lowest BCUT2D eigenvalue weighted by Crippen LogP contribution is -2.16. The van der Waals surface area contributed by atoms with Gasteiger partial charge >= 0.3 is 0 Å². The van der Waals surface area contributed by atoms with Gasteiger partial charge in [-0.25, -0.2) is 9.97 Å². The molecule has 0 aliphatic heterocycles. The summed E-state index contributed by atoms with van der Waals surface area (Å²) in [4.78, 5) is 23.5. The molecule has 0 aliphatic carbocycles. The van der Waals surface area contributed by atoms with Crippen molar-refractivity contribution in [2.24, 2.45) is 0 Å². The van der Waals surface area contributed by atoms with E-state index < -0.39 is 0 Å². The van der Waals surface area contributed by atoms with E-state index in [-0.39, 0.29) is 5.56 Å². The van der Waals surface area contributed by atoms with Crippen LogP contribution in [0.15, 0.2) is 23.0 Å². The van der Waals surface area contributed by atoms with Crippen molar-refractivity contribution in [3.63, 3.8) is 0 Å². The van der Waals surface area contributed by atoms with Crippen molar-refractivity contribution in [1.82, 2.24) is 15.0 Å². The van der Waals surface area contributed by atoms with Gasteiger partial charge in [0.15, 0.2) is 5.82 Å². The molecule has 0 saturated heterocycles. The lowest BCUT2D eigenvalue weighted by atomic mass is 10.2. The molecule has 5 heteroatoms. The molecular formula is C13H14IN3O. The Kier molecular flexibility index (Phi) is 4.11. The van der Waals surface area contributed by atoms with Crippen LogP contribution in [0.5, 0.6) is 0 Å². The number of nitrogens with one attached hydrogen (secondary N) is 1. The number of H-pyrrole nitrogens is 1. The van der Waals surface area contributed by atoms with Gasteiger partial charge in [0.25, 0.3) is 5.56 Å². The second-order valence-electron chi connectivity index (χ2n) is 4.09. The third-order valence-corrected chi connectivity index (χ3v) is 3.66. The van der Waals surface area contributed by atoms with Crippen LogP contribution in [0.2, 0.25) is 0 Å². The van der Waals surface area contributed by atoms with Crippen molar-refractivity contribution in [2.75, 3.05) is 0 Å². The van der Waals surface area contributed by atoms with Gasteiger partial charge < -0.3 is 4.98 Å². The van der Waals surface area contributed by atoms with E-state index in [4.69, 9.17) is 0 Å². The van der Waals surface area contributed by atoms with Crippen LogP contribution in [0.3, 0.4) is 0 Å². The van der Waals surface area contributed by atoms with Crippen LogP contribution in [0.4, 0.5) is 0 Å². The van der Waals surface area contributed by atoms with Gasteiger partial charge in [0.2, 0.25) is 0 Å². The number of pyridine rings is 1. The van der Waals surface area contributed by atoms with Crippen molar-refractivity contribution >= 4 is 22.6 Å². The Hall–Kier alpha value is -1.24. The average molecular weight is 355 g/mol. The molecule has 0 fully saturated rings. The smallest absolute Gasteiger partial charge is 0.264 e. The molecule has 0 amide bonds. The molecule has 0 unspecified atom stereocenters.